The van der Waals surface area contributed by atoms with Crippen LogP contribution in [0.15, 0.2) is 72.8 Å². The van der Waals surface area contributed by atoms with E-state index in [1.54, 1.807) is 7.11 Å². The van der Waals surface area contributed by atoms with Gasteiger partial charge in [0, 0.05) is 10.6 Å². The van der Waals surface area contributed by atoms with Gasteiger partial charge < -0.3 is 14.0 Å². The fourth-order valence-corrected chi connectivity index (χ4v) is 3.22. The minimum Gasteiger partial charge on any atom is -0.496 e. The molecule has 27 heavy (non-hydrogen) atoms. The van der Waals surface area contributed by atoms with Gasteiger partial charge in [-0.3, -0.25) is 0 Å². The van der Waals surface area contributed by atoms with Crippen molar-refractivity contribution in [2.24, 2.45) is 0 Å². The maximum atomic E-state index is 5.94. The van der Waals surface area contributed by atoms with Gasteiger partial charge >= 0.3 is 0 Å². The molecule has 0 bridgehead atoms. The number of hydrogen-bond donors (Lipinski definition) is 0. The normalized spacial score (nSPS) is 10.9. The van der Waals surface area contributed by atoms with E-state index in [1.807, 2.05) is 60.7 Å². The lowest BCUT2D eigenvalue weighted by atomic mass is 10.2. The van der Waals surface area contributed by atoms with Crippen LogP contribution in [0.2, 0.25) is 5.02 Å². The number of rotatable bonds is 6. The van der Waals surface area contributed by atoms with Crippen molar-refractivity contribution in [1.29, 1.82) is 0 Å². The first-order chi connectivity index (χ1) is 13.2. The van der Waals surface area contributed by atoms with E-state index in [1.165, 1.54) is 0 Å². The molecule has 0 N–H and O–H groups in total. The SMILES string of the molecule is COc1ccccc1Cn1c(COc2ccc(Cl)cc2)nc2ccccc21. The smallest absolute Gasteiger partial charge is 0.148 e. The fourth-order valence-electron chi connectivity index (χ4n) is 3.09. The Kier molecular flexibility index (Phi) is 4.99. The average Bonchev–Trinajstić information content (AvgIpc) is 3.05. The highest BCUT2D eigenvalue weighted by atomic mass is 35.5. The van der Waals surface area contributed by atoms with Gasteiger partial charge in [-0.15, -0.1) is 0 Å². The molecule has 136 valence electrons. The molecule has 0 amide bonds. The van der Waals surface area contributed by atoms with Crippen LogP contribution >= 0.6 is 11.6 Å². The molecule has 0 aliphatic heterocycles. The molecule has 3 aromatic carbocycles. The summed E-state index contributed by atoms with van der Waals surface area (Å²) in [5, 5.41) is 0.686. The second-order valence-corrected chi connectivity index (χ2v) is 6.59. The van der Waals surface area contributed by atoms with E-state index in [9.17, 15) is 0 Å². The lowest BCUT2D eigenvalue weighted by Crippen LogP contribution is -2.09. The first kappa shape index (κ1) is 17.4. The van der Waals surface area contributed by atoms with Gasteiger partial charge in [-0.25, -0.2) is 4.98 Å². The van der Waals surface area contributed by atoms with Crippen LogP contribution in [0.5, 0.6) is 11.5 Å². The number of para-hydroxylation sites is 3. The van der Waals surface area contributed by atoms with Gasteiger partial charge in [0.25, 0.3) is 0 Å². The highest BCUT2D eigenvalue weighted by molar-refractivity contribution is 6.30. The zero-order valence-electron chi connectivity index (χ0n) is 14.9. The monoisotopic (exact) mass is 378 g/mol. The molecule has 0 spiro atoms. The summed E-state index contributed by atoms with van der Waals surface area (Å²) in [6, 6.07) is 23.5. The molecule has 1 aromatic heterocycles. The lowest BCUT2D eigenvalue weighted by molar-refractivity contribution is 0.291. The Bertz CT molecular complexity index is 1060. The first-order valence-electron chi connectivity index (χ1n) is 8.69. The van der Waals surface area contributed by atoms with Gasteiger partial charge in [-0.1, -0.05) is 41.9 Å². The van der Waals surface area contributed by atoms with Crippen LogP contribution in [-0.2, 0) is 13.2 Å². The van der Waals surface area contributed by atoms with E-state index in [-0.39, 0.29) is 0 Å². The Hall–Kier alpha value is -2.98. The van der Waals surface area contributed by atoms with Crippen LogP contribution in [0.3, 0.4) is 0 Å². The maximum Gasteiger partial charge on any atom is 0.148 e. The van der Waals surface area contributed by atoms with Gasteiger partial charge in [0.05, 0.1) is 24.7 Å². The number of aromatic nitrogens is 2. The largest absolute Gasteiger partial charge is 0.496 e. The predicted molar refractivity (Wildman–Crippen MR) is 108 cm³/mol. The molecule has 0 atom stereocenters. The Labute approximate surface area is 162 Å². The molecule has 0 aliphatic carbocycles. The molecule has 0 fully saturated rings. The molecular formula is C22H19ClN2O2. The third kappa shape index (κ3) is 3.76. The van der Waals surface area contributed by atoms with Crippen LogP contribution in [0, 0.1) is 0 Å². The summed E-state index contributed by atoms with van der Waals surface area (Å²) in [5.41, 5.74) is 3.11. The second-order valence-electron chi connectivity index (χ2n) is 6.16. The Morgan fingerprint density at radius 1 is 0.926 bits per heavy atom. The summed E-state index contributed by atoms with van der Waals surface area (Å²) in [7, 11) is 1.69. The molecule has 0 saturated heterocycles. The zero-order chi connectivity index (χ0) is 18.6. The third-order valence-corrected chi connectivity index (χ3v) is 4.69. The molecule has 0 unspecified atom stereocenters. The highest BCUT2D eigenvalue weighted by Crippen LogP contribution is 2.24. The maximum absolute atomic E-state index is 5.94. The second kappa shape index (κ2) is 7.72. The number of halogens is 1. The van der Waals surface area contributed by atoms with Crippen molar-refractivity contribution >= 4 is 22.6 Å². The molecule has 0 radical (unpaired) electrons. The molecular weight excluding hydrogens is 360 g/mol. The molecule has 4 nitrogen and oxygen atoms in total. The van der Waals surface area contributed by atoms with Crippen LogP contribution in [0.4, 0.5) is 0 Å². The van der Waals surface area contributed by atoms with Crippen molar-refractivity contribution < 1.29 is 9.47 Å². The van der Waals surface area contributed by atoms with Crippen LogP contribution in [-0.4, -0.2) is 16.7 Å². The number of ether oxygens (including phenoxy) is 2. The van der Waals surface area contributed by atoms with Gasteiger partial charge in [0.1, 0.15) is 23.9 Å². The van der Waals surface area contributed by atoms with Gasteiger partial charge in [0.2, 0.25) is 0 Å². The van der Waals surface area contributed by atoms with Gasteiger partial charge in [0.15, 0.2) is 0 Å². The first-order valence-corrected chi connectivity index (χ1v) is 9.07. The summed E-state index contributed by atoms with van der Waals surface area (Å²) in [5.74, 6) is 2.48. The summed E-state index contributed by atoms with van der Waals surface area (Å²) < 4.78 is 13.6. The molecule has 4 rings (SSSR count). The van der Waals surface area contributed by atoms with E-state index in [0.29, 0.717) is 18.2 Å². The van der Waals surface area contributed by atoms with E-state index in [2.05, 4.69) is 16.7 Å². The van der Waals surface area contributed by atoms with Crippen molar-refractivity contribution in [2.75, 3.05) is 7.11 Å². The van der Waals surface area contributed by atoms with Crippen molar-refractivity contribution in [3.8, 4) is 11.5 Å². The van der Waals surface area contributed by atoms with E-state index >= 15 is 0 Å². The fraction of sp³-hybridized carbons (Fsp3) is 0.136. The predicted octanol–water partition coefficient (Wildman–Crippen LogP) is 5.33. The average molecular weight is 379 g/mol. The highest BCUT2D eigenvalue weighted by Gasteiger charge is 2.13. The topological polar surface area (TPSA) is 36.3 Å². The summed E-state index contributed by atoms with van der Waals surface area (Å²) in [6.45, 7) is 1.02. The van der Waals surface area contributed by atoms with Crippen LogP contribution < -0.4 is 9.47 Å². The lowest BCUT2D eigenvalue weighted by Gasteiger charge is -2.13. The van der Waals surface area contributed by atoms with Gasteiger partial charge in [-0.2, -0.15) is 0 Å². The van der Waals surface area contributed by atoms with Crippen LogP contribution in [0.25, 0.3) is 11.0 Å². The number of methoxy groups -OCH3 is 1. The van der Waals surface area contributed by atoms with Crippen LogP contribution in [0.1, 0.15) is 11.4 Å². The van der Waals surface area contributed by atoms with E-state index in [4.69, 9.17) is 26.1 Å². The minimum atomic E-state index is 0.367. The zero-order valence-corrected chi connectivity index (χ0v) is 15.7. The number of imidazole rings is 1. The quantitative estimate of drug-likeness (QED) is 0.455. The summed E-state index contributed by atoms with van der Waals surface area (Å²) in [6.07, 6.45) is 0. The standard InChI is InChI=1S/C22H19ClN2O2/c1-26-21-9-5-2-6-16(21)14-25-20-8-4-3-7-19(20)24-22(25)15-27-18-12-10-17(23)11-13-18/h2-13H,14-15H2,1H3. The minimum absolute atomic E-state index is 0.367. The number of benzene rings is 3. The Morgan fingerprint density at radius 3 is 2.48 bits per heavy atom. The molecule has 0 aliphatic rings. The van der Waals surface area contributed by atoms with Crippen molar-refractivity contribution in [2.45, 2.75) is 13.2 Å². The number of hydrogen-bond acceptors (Lipinski definition) is 3. The Balaban J connectivity index is 1.67. The Morgan fingerprint density at radius 2 is 1.67 bits per heavy atom. The van der Waals surface area contributed by atoms with Crippen molar-refractivity contribution in [3.05, 3.63) is 89.2 Å². The molecule has 1 heterocycles. The van der Waals surface area contributed by atoms with Gasteiger partial charge in [-0.05, 0) is 42.5 Å². The summed E-state index contributed by atoms with van der Waals surface area (Å²) >= 11 is 5.94. The molecule has 0 saturated carbocycles. The molecule has 5 heteroatoms. The number of fused-ring (bicyclic) bond motifs is 1. The van der Waals surface area contributed by atoms with Crippen molar-refractivity contribution in [3.63, 3.8) is 0 Å². The summed E-state index contributed by atoms with van der Waals surface area (Å²) in [4.78, 5) is 4.77. The third-order valence-electron chi connectivity index (χ3n) is 4.44. The van der Waals surface area contributed by atoms with E-state index < -0.39 is 0 Å². The molecule has 4 aromatic rings. The van der Waals surface area contributed by atoms with Crippen molar-refractivity contribution in [1.82, 2.24) is 9.55 Å². The number of nitrogens with zero attached hydrogens (tertiary/aromatic N) is 2. The van der Waals surface area contributed by atoms with E-state index in [0.717, 1.165) is 33.9 Å².